The van der Waals surface area contributed by atoms with Gasteiger partial charge in [-0.2, -0.15) is 0 Å². The smallest absolute Gasteiger partial charge is 0.358 e. The van der Waals surface area contributed by atoms with Crippen LogP contribution in [0.2, 0.25) is 0 Å². The number of carbonyl (C=O) groups excluding carboxylic acids is 1. The van der Waals surface area contributed by atoms with Gasteiger partial charge in [-0.1, -0.05) is 18.2 Å². The summed E-state index contributed by atoms with van der Waals surface area (Å²) in [5, 5.41) is 18.7. The monoisotopic (exact) mass is 362 g/mol. The molecular formula is C17H22N4O5. The van der Waals surface area contributed by atoms with E-state index in [1.54, 1.807) is 14.2 Å². The van der Waals surface area contributed by atoms with Gasteiger partial charge < -0.3 is 19.9 Å². The minimum absolute atomic E-state index is 0.0800. The molecule has 9 heteroatoms. The van der Waals surface area contributed by atoms with Crippen LogP contribution in [0.3, 0.4) is 0 Å². The van der Waals surface area contributed by atoms with Crippen molar-refractivity contribution < 1.29 is 24.2 Å². The molecule has 0 bridgehead atoms. The van der Waals surface area contributed by atoms with Crippen LogP contribution in [0.4, 0.5) is 0 Å². The number of ether oxygens (including phenoxy) is 2. The third kappa shape index (κ3) is 5.20. The first-order chi connectivity index (χ1) is 12.4. The molecule has 0 aliphatic heterocycles. The molecule has 1 unspecified atom stereocenters. The second-order valence-corrected chi connectivity index (χ2v) is 5.91. The number of carboxylic acid groups (broad SMARTS) is 1. The molecule has 1 heterocycles. The van der Waals surface area contributed by atoms with Crippen molar-refractivity contribution in [3.63, 3.8) is 0 Å². The number of rotatable bonds is 9. The van der Waals surface area contributed by atoms with E-state index in [-0.39, 0.29) is 24.1 Å². The molecule has 0 saturated carbocycles. The van der Waals surface area contributed by atoms with Crippen LogP contribution in [0.25, 0.3) is 0 Å². The number of carbonyl (C=O) groups is 2. The fourth-order valence-corrected chi connectivity index (χ4v) is 2.45. The van der Waals surface area contributed by atoms with Crippen LogP contribution in [-0.4, -0.2) is 52.7 Å². The zero-order chi connectivity index (χ0) is 19.1. The highest BCUT2D eigenvalue weighted by Gasteiger charge is 2.12. The molecule has 140 valence electrons. The Bertz CT molecular complexity index is 774. The molecule has 1 atom stereocenters. The molecule has 0 aliphatic carbocycles. The number of carboxylic acids is 1. The van der Waals surface area contributed by atoms with Crippen molar-refractivity contribution >= 4 is 11.9 Å². The normalized spacial score (nSPS) is 11.7. The maximum atomic E-state index is 11.9. The van der Waals surface area contributed by atoms with Crippen molar-refractivity contribution in [1.29, 1.82) is 0 Å². The molecule has 2 N–H and O–H groups in total. The van der Waals surface area contributed by atoms with E-state index in [0.29, 0.717) is 18.0 Å². The Hall–Kier alpha value is -3.10. The summed E-state index contributed by atoms with van der Waals surface area (Å²) in [5.74, 6) is 0.0981. The number of hydrogen-bond donors (Lipinski definition) is 2. The van der Waals surface area contributed by atoms with Crippen molar-refractivity contribution in [3.05, 3.63) is 35.7 Å². The fourth-order valence-electron chi connectivity index (χ4n) is 2.45. The fraction of sp³-hybridized carbons (Fsp3) is 0.412. The standard InChI is InChI=1S/C17H22N4O5/c1-11(6-12-4-5-14(25-2)15(7-12)26-3)8-18-16(22)10-21-9-13(17(23)24)19-20-21/h4-5,7,9,11H,6,8,10H2,1-3H3,(H,18,22)(H,23,24). The first-order valence-corrected chi connectivity index (χ1v) is 8.04. The quantitative estimate of drug-likeness (QED) is 0.683. The lowest BCUT2D eigenvalue weighted by Gasteiger charge is -2.14. The van der Waals surface area contributed by atoms with Crippen LogP contribution in [-0.2, 0) is 17.8 Å². The molecule has 0 aliphatic rings. The van der Waals surface area contributed by atoms with E-state index in [9.17, 15) is 9.59 Å². The van der Waals surface area contributed by atoms with Crippen LogP contribution in [0.5, 0.6) is 11.5 Å². The molecule has 0 radical (unpaired) electrons. The first-order valence-electron chi connectivity index (χ1n) is 8.04. The van der Waals surface area contributed by atoms with Gasteiger partial charge in [-0.25, -0.2) is 9.48 Å². The van der Waals surface area contributed by atoms with E-state index >= 15 is 0 Å². The average molecular weight is 362 g/mol. The van der Waals surface area contributed by atoms with Gasteiger partial charge in [-0.05, 0) is 30.0 Å². The molecule has 0 fully saturated rings. The van der Waals surface area contributed by atoms with Crippen LogP contribution in [0.1, 0.15) is 23.0 Å². The van der Waals surface area contributed by atoms with Crippen LogP contribution in [0.15, 0.2) is 24.4 Å². The molecule has 1 aromatic carbocycles. The van der Waals surface area contributed by atoms with Gasteiger partial charge in [-0.3, -0.25) is 4.79 Å². The SMILES string of the molecule is COc1ccc(CC(C)CNC(=O)Cn2cc(C(=O)O)nn2)cc1OC. The molecule has 26 heavy (non-hydrogen) atoms. The van der Waals surface area contributed by atoms with Crippen molar-refractivity contribution in [2.75, 3.05) is 20.8 Å². The lowest BCUT2D eigenvalue weighted by Crippen LogP contribution is -2.32. The summed E-state index contributed by atoms with van der Waals surface area (Å²) >= 11 is 0. The third-order valence-corrected chi connectivity index (χ3v) is 3.74. The third-order valence-electron chi connectivity index (χ3n) is 3.74. The van der Waals surface area contributed by atoms with Gasteiger partial charge >= 0.3 is 5.97 Å². The predicted molar refractivity (Wildman–Crippen MR) is 92.4 cm³/mol. The van der Waals surface area contributed by atoms with Gasteiger partial charge in [0, 0.05) is 6.54 Å². The summed E-state index contributed by atoms with van der Waals surface area (Å²) in [4.78, 5) is 22.7. The number of benzene rings is 1. The lowest BCUT2D eigenvalue weighted by molar-refractivity contribution is -0.122. The van der Waals surface area contributed by atoms with E-state index in [1.807, 2.05) is 25.1 Å². The van der Waals surface area contributed by atoms with Gasteiger partial charge in [0.2, 0.25) is 5.91 Å². The number of nitrogens with one attached hydrogen (secondary N) is 1. The predicted octanol–water partition coefficient (Wildman–Crippen LogP) is 0.988. The van der Waals surface area contributed by atoms with E-state index in [4.69, 9.17) is 14.6 Å². The Labute approximate surface area is 150 Å². The van der Waals surface area contributed by atoms with Crippen LogP contribution in [0, 0.1) is 5.92 Å². The Morgan fingerprint density at radius 1 is 1.27 bits per heavy atom. The highest BCUT2D eigenvalue weighted by atomic mass is 16.5. The number of amides is 1. The summed E-state index contributed by atoms with van der Waals surface area (Å²) in [6.07, 6.45) is 1.97. The molecule has 9 nitrogen and oxygen atoms in total. The summed E-state index contributed by atoms with van der Waals surface area (Å²) < 4.78 is 11.7. The minimum atomic E-state index is -1.18. The van der Waals surface area contributed by atoms with Gasteiger partial charge in [0.25, 0.3) is 0 Å². The summed E-state index contributed by atoms with van der Waals surface area (Å²) in [6, 6.07) is 5.73. The molecule has 1 amide bonds. The Balaban J connectivity index is 1.83. The molecule has 0 saturated heterocycles. The molecule has 1 aromatic heterocycles. The van der Waals surface area contributed by atoms with Gasteiger partial charge in [-0.15, -0.1) is 5.10 Å². The van der Waals surface area contributed by atoms with Crippen LogP contribution < -0.4 is 14.8 Å². The van der Waals surface area contributed by atoms with Crippen LogP contribution >= 0.6 is 0 Å². The Kier molecular flexibility index (Phi) is 6.54. The van der Waals surface area contributed by atoms with Crippen molar-refractivity contribution in [2.24, 2.45) is 5.92 Å². The van der Waals surface area contributed by atoms with Gasteiger partial charge in [0.1, 0.15) is 6.54 Å². The average Bonchev–Trinajstić information content (AvgIpc) is 3.08. The van der Waals surface area contributed by atoms with E-state index in [0.717, 1.165) is 12.0 Å². The zero-order valence-electron chi connectivity index (χ0n) is 14.9. The van der Waals surface area contributed by atoms with E-state index in [1.165, 1.54) is 10.9 Å². The Morgan fingerprint density at radius 3 is 2.62 bits per heavy atom. The van der Waals surface area contributed by atoms with Crippen molar-refractivity contribution in [1.82, 2.24) is 20.3 Å². The maximum absolute atomic E-state index is 11.9. The molecular weight excluding hydrogens is 340 g/mol. The van der Waals surface area contributed by atoms with E-state index in [2.05, 4.69) is 15.6 Å². The summed E-state index contributed by atoms with van der Waals surface area (Å²) in [6.45, 7) is 2.42. The number of nitrogens with zero attached hydrogens (tertiary/aromatic N) is 3. The summed E-state index contributed by atoms with van der Waals surface area (Å²) in [7, 11) is 3.18. The van der Waals surface area contributed by atoms with Gasteiger partial charge in [0.15, 0.2) is 17.2 Å². The molecule has 0 spiro atoms. The largest absolute Gasteiger partial charge is 0.493 e. The number of methoxy groups -OCH3 is 2. The summed E-state index contributed by atoms with van der Waals surface area (Å²) in [5.41, 5.74) is 0.881. The van der Waals surface area contributed by atoms with Crippen molar-refractivity contribution in [2.45, 2.75) is 19.9 Å². The highest BCUT2D eigenvalue weighted by Crippen LogP contribution is 2.28. The number of aromatic carboxylic acids is 1. The second kappa shape index (κ2) is 8.84. The first kappa shape index (κ1) is 19.2. The number of hydrogen-bond acceptors (Lipinski definition) is 6. The maximum Gasteiger partial charge on any atom is 0.358 e. The Morgan fingerprint density at radius 2 is 2.00 bits per heavy atom. The molecule has 2 aromatic rings. The van der Waals surface area contributed by atoms with E-state index < -0.39 is 5.97 Å². The minimum Gasteiger partial charge on any atom is -0.493 e. The van der Waals surface area contributed by atoms with Crippen molar-refractivity contribution in [3.8, 4) is 11.5 Å². The topological polar surface area (TPSA) is 116 Å². The second-order valence-electron chi connectivity index (χ2n) is 5.91. The highest BCUT2D eigenvalue weighted by molar-refractivity contribution is 5.84. The number of aromatic nitrogens is 3. The van der Waals surface area contributed by atoms with Gasteiger partial charge in [0.05, 0.1) is 20.4 Å². The lowest BCUT2D eigenvalue weighted by atomic mass is 10.0. The molecule has 2 rings (SSSR count). The zero-order valence-corrected chi connectivity index (χ0v) is 14.9.